The largest absolute Gasteiger partial charge is 0.477 e. The molecule has 0 amide bonds. The van der Waals surface area contributed by atoms with Crippen LogP contribution in [0.3, 0.4) is 0 Å². The molecule has 196 valence electrons. The standard InChI is InChI=1S/C36H26F2O2/c37-27-15-11-24(12-16-27)29-30(23-7-3-1-4-8-23)35-21-22-36(35,33(39)34(29)19-20-34)40-32(26-9-5-2-6-10-26)31(35)25-13-17-28(38)18-14-25/h1-18H,19-22H2. The maximum atomic E-state index is 14.9. The van der Waals surface area contributed by atoms with E-state index in [0.29, 0.717) is 18.6 Å². The second-order valence-electron chi connectivity index (χ2n) is 11.4. The van der Waals surface area contributed by atoms with Crippen LogP contribution >= 0.6 is 0 Å². The average molecular weight is 529 g/mol. The summed E-state index contributed by atoms with van der Waals surface area (Å²) >= 11 is 0. The molecule has 4 heteroatoms. The van der Waals surface area contributed by atoms with Gasteiger partial charge in [-0.25, -0.2) is 8.78 Å². The van der Waals surface area contributed by atoms with E-state index >= 15 is 0 Å². The Bertz CT molecular complexity index is 1730. The number of hydrogen-bond donors (Lipinski definition) is 0. The van der Waals surface area contributed by atoms with Crippen LogP contribution in [0.15, 0.2) is 109 Å². The topological polar surface area (TPSA) is 26.3 Å². The molecule has 8 rings (SSSR count). The zero-order valence-electron chi connectivity index (χ0n) is 21.8. The van der Waals surface area contributed by atoms with Gasteiger partial charge in [-0.05, 0) is 77.8 Å². The number of rotatable bonds is 4. The summed E-state index contributed by atoms with van der Waals surface area (Å²) in [5.41, 5.74) is 4.12. The van der Waals surface area contributed by atoms with Crippen molar-refractivity contribution in [2.24, 2.45) is 10.8 Å². The van der Waals surface area contributed by atoms with Gasteiger partial charge in [0.1, 0.15) is 17.4 Å². The Morgan fingerprint density at radius 1 is 0.525 bits per heavy atom. The van der Waals surface area contributed by atoms with E-state index in [1.165, 1.54) is 24.3 Å². The molecular weight excluding hydrogens is 502 g/mol. The predicted molar refractivity (Wildman–Crippen MR) is 151 cm³/mol. The van der Waals surface area contributed by atoms with Gasteiger partial charge in [-0.1, -0.05) is 84.9 Å². The van der Waals surface area contributed by atoms with E-state index in [2.05, 4.69) is 12.1 Å². The lowest BCUT2D eigenvalue weighted by molar-refractivity contribution is -0.160. The molecule has 2 unspecified atom stereocenters. The number of allylic oxidation sites excluding steroid dienone is 1. The van der Waals surface area contributed by atoms with Gasteiger partial charge in [-0.15, -0.1) is 0 Å². The van der Waals surface area contributed by atoms with E-state index in [1.54, 1.807) is 24.3 Å². The van der Waals surface area contributed by atoms with E-state index in [1.807, 2.05) is 48.5 Å². The monoisotopic (exact) mass is 528 g/mol. The van der Waals surface area contributed by atoms with E-state index < -0.39 is 16.4 Å². The number of benzene rings is 4. The molecule has 2 nitrogen and oxygen atoms in total. The van der Waals surface area contributed by atoms with Crippen molar-refractivity contribution >= 4 is 28.3 Å². The molecule has 4 aromatic rings. The summed E-state index contributed by atoms with van der Waals surface area (Å²) in [7, 11) is 0. The number of carbonyl (C=O) groups is 1. The minimum absolute atomic E-state index is 0.121. The molecule has 1 spiro atoms. The lowest BCUT2D eigenvalue weighted by Gasteiger charge is -2.60. The van der Waals surface area contributed by atoms with E-state index in [-0.39, 0.29) is 17.4 Å². The quantitative estimate of drug-likeness (QED) is 0.266. The summed E-state index contributed by atoms with van der Waals surface area (Å²) in [5.74, 6) is 0.180. The molecule has 1 aliphatic heterocycles. The van der Waals surface area contributed by atoms with Crippen LogP contribution < -0.4 is 0 Å². The Hall–Kier alpha value is -4.31. The van der Waals surface area contributed by atoms with Crippen LogP contribution in [-0.2, 0) is 9.53 Å². The van der Waals surface area contributed by atoms with Gasteiger partial charge in [-0.3, -0.25) is 4.79 Å². The Labute approximate surface area is 231 Å². The fraction of sp³-hybridized carbons (Fsp3) is 0.194. The summed E-state index contributed by atoms with van der Waals surface area (Å²) in [5, 5.41) is 0. The van der Waals surface area contributed by atoms with Gasteiger partial charge in [0.15, 0.2) is 11.4 Å². The van der Waals surface area contributed by atoms with E-state index in [4.69, 9.17) is 4.74 Å². The number of ether oxygens (including phenoxy) is 1. The lowest BCUT2D eigenvalue weighted by atomic mass is 9.42. The summed E-state index contributed by atoms with van der Waals surface area (Å²) < 4.78 is 35.3. The molecule has 0 aromatic heterocycles. The van der Waals surface area contributed by atoms with Gasteiger partial charge in [0.2, 0.25) is 0 Å². The molecule has 4 aliphatic rings. The maximum Gasteiger partial charge on any atom is 0.188 e. The molecule has 0 saturated heterocycles. The molecule has 4 aromatic carbocycles. The third-order valence-electron chi connectivity index (χ3n) is 9.54. The SMILES string of the molecule is O=C1C2(CC2)C(c2ccc(F)cc2)=C(c2ccccc2)C23CCC12OC(c1ccccc1)=C3c1ccc(F)cc1. The normalized spacial score (nSPS) is 25.8. The number of halogens is 2. The Balaban J connectivity index is 1.52. The second kappa shape index (κ2) is 8.11. The van der Waals surface area contributed by atoms with Gasteiger partial charge >= 0.3 is 0 Å². The number of Topliss-reactive ketones (excluding diaryl/α,β-unsaturated/α-hetero) is 1. The van der Waals surface area contributed by atoms with Crippen LogP contribution in [0.5, 0.6) is 0 Å². The van der Waals surface area contributed by atoms with Crippen molar-refractivity contribution in [1.29, 1.82) is 0 Å². The highest BCUT2D eigenvalue weighted by Gasteiger charge is 2.80. The fourth-order valence-corrected chi connectivity index (χ4v) is 7.67. The van der Waals surface area contributed by atoms with Crippen molar-refractivity contribution in [2.75, 3.05) is 0 Å². The first-order chi connectivity index (χ1) is 19.5. The molecule has 0 radical (unpaired) electrons. The molecule has 3 aliphatic carbocycles. The highest BCUT2D eigenvalue weighted by molar-refractivity contribution is 6.23. The molecular formula is C36H26F2O2. The van der Waals surface area contributed by atoms with Gasteiger partial charge in [0.25, 0.3) is 0 Å². The number of hydrogen-bond acceptors (Lipinski definition) is 2. The number of ketones is 1. The smallest absolute Gasteiger partial charge is 0.188 e. The fourth-order valence-electron chi connectivity index (χ4n) is 7.67. The van der Waals surface area contributed by atoms with Crippen LogP contribution in [-0.4, -0.2) is 11.4 Å². The van der Waals surface area contributed by atoms with Crippen LogP contribution in [0.4, 0.5) is 8.78 Å². The average Bonchev–Trinajstić information content (AvgIpc) is 3.75. The van der Waals surface area contributed by atoms with Crippen LogP contribution in [0.1, 0.15) is 47.9 Å². The molecule has 2 saturated carbocycles. The maximum absolute atomic E-state index is 14.9. The minimum Gasteiger partial charge on any atom is -0.477 e. The molecule has 0 N–H and O–H groups in total. The molecule has 2 atom stereocenters. The van der Waals surface area contributed by atoms with Crippen LogP contribution in [0.2, 0.25) is 0 Å². The highest BCUT2D eigenvalue weighted by Crippen LogP contribution is 2.80. The van der Waals surface area contributed by atoms with Crippen molar-refractivity contribution in [3.63, 3.8) is 0 Å². The van der Waals surface area contributed by atoms with E-state index in [0.717, 1.165) is 51.8 Å². The summed E-state index contributed by atoms with van der Waals surface area (Å²) in [4.78, 5) is 14.9. The second-order valence-corrected chi connectivity index (χ2v) is 11.4. The Morgan fingerprint density at radius 2 is 1.02 bits per heavy atom. The molecule has 40 heavy (non-hydrogen) atoms. The van der Waals surface area contributed by atoms with Crippen molar-refractivity contribution in [3.8, 4) is 0 Å². The molecule has 0 bridgehead atoms. The minimum atomic E-state index is -1.05. The van der Waals surface area contributed by atoms with Gasteiger partial charge < -0.3 is 4.74 Å². The van der Waals surface area contributed by atoms with Crippen molar-refractivity contribution < 1.29 is 18.3 Å². The first kappa shape index (κ1) is 23.6. The summed E-state index contributed by atoms with van der Waals surface area (Å²) in [6, 6.07) is 33.2. The van der Waals surface area contributed by atoms with Gasteiger partial charge in [0, 0.05) is 11.1 Å². The zero-order chi connectivity index (χ0) is 27.1. The van der Waals surface area contributed by atoms with Crippen molar-refractivity contribution in [2.45, 2.75) is 31.3 Å². The van der Waals surface area contributed by atoms with Crippen LogP contribution in [0.25, 0.3) is 22.5 Å². The predicted octanol–water partition coefficient (Wildman–Crippen LogP) is 8.36. The molecule has 1 heterocycles. The van der Waals surface area contributed by atoms with Gasteiger partial charge in [0.05, 0.1) is 10.8 Å². The van der Waals surface area contributed by atoms with E-state index in [9.17, 15) is 13.6 Å². The highest BCUT2D eigenvalue weighted by atomic mass is 19.1. The summed E-state index contributed by atoms with van der Waals surface area (Å²) in [6.07, 6.45) is 2.81. The van der Waals surface area contributed by atoms with Crippen molar-refractivity contribution in [1.82, 2.24) is 0 Å². The first-order valence-corrected chi connectivity index (χ1v) is 13.9. The number of carbonyl (C=O) groups excluding carboxylic acids is 1. The Morgan fingerprint density at radius 3 is 1.52 bits per heavy atom. The molecule has 2 fully saturated rings. The van der Waals surface area contributed by atoms with Gasteiger partial charge in [-0.2, -0.15) is 0 Å². The third kappa shape index (κ3) is 2.89. The Kier molecular flexibility index (Phi) is 4.78. The third-order valence-corrected chi connectivity index (χ3v) is 9.54. The van der Waals surface area contributed by atoms with Crippen LogP contribution in [0, 0.1) is 22.5 Å². The first-order valence-electron chi connectivity index (χ1n) is 13.9. The summed E-state index contributed by atoms with van der Waals surface area (Å²) in [6.45, 7) is 0. The zero-order valence-corrected chi connectivity index (χ0v) is 21.8. The van der Waals surface area contributed by atoms with Crippen molar-refractivity contribution in [3.05, 3.63) is 143 Å². The lowest BCUT2D eigenvalue weighted by Crippen LogP contribution is -2.66.